The number of hydrogen-bond acceptors (Lipinski definition) is 7. The van der Waals surface area contributed by atoms with E-state index in [2.05, 4.69) is 20.9 Å². The van der Waals surface area contributed by atoms with Gasteiger partial charge in [-0.15, -0.1) is 0 Å². The number of rotatable bonds is 23. The summed E-state index contributed by atoms with van der Waals surface area (Å²) >= 11 is 0. The molecule has 0 aliphatic carbocycles. The minimum atomic E-state index is -3.31. The maximum absolute atomic E-state index is 11.6. The number of nitrogens with zero attached hydrogens (tertiary/aromatic N) is 1. The summed E-state index contributed by atoms with van der Waals surface area (Å²) in [6.07, 6.45) is 16.7. The molecule has 2 N–H and O–H groups in total. The molecule has 0 aromatic heterocycles. The van der Waals surface area contributed by atoms with Crippen molar-refractivity contribution in [2.75, 3.05) is 33.3 Å². The molecule has 8 nitrogen and oxygen atoms in total. The van der Waals surface area contributed by atoms with E-state index in [-0.39, 0.29) is 6.61 Å². The lowest BCUT2D eigenvalue weighted by Crippen LogP contribution is -2.71. The molecule has 2 heterocycles. The molecule has 2 fully saturated rings. The van der Waals surface area contributed by atoms with Crippen molar-refractivity contribution in [2.24, 2.45) is 0 Å². The number of quaternary nitrogens is 1. The van der Waals surface area contributed by atoms with Gasteiger partial charge in [0.2, 0.25) is 0 Å². The van der Waals surface area contributed by atoms with Crippen LogP contribution < -0.4 is 5.11 Å². The number of carboxylic acids is 1. The molecule has 0 amide bonds. The quantitative estimate of drug-likeness (QED) is 0.106. The van der Waals surface area contributed by atoms with Crippen molar-refractivity contribution < 1.29 is 37.9 Å². The summed E-state index contributed by atoms with van der Waals surface area (Å²) in [5, 5.41) is 32.1. The zero-order chi connectivity index (χ0) is 28.6. The number of aliphatic hydroxyl groups excluding tert-OH is 2. The monoisotopic (exact) mass is 573 g/mol. The molecule has 2 bridgehead atoms. The van der Waals surface area contributed by atoms with Crippen molar-refractivity contribution in [3.05, 3.63) is 0 Å². The third-order valence-corrected chi connectivity index (χ3v) is 11.5. The van der Waals surface area contributed by atoms with E-state index < -0.39 is 39.2 Å². The van der Waals surface area contributed by atoms with Crippen LogP contribution in [0.4, 0.5) is 0 Å². The van der Waals surface area contributed by atoms with Crippen LogP contribution in [0.25, 0.3) is 0 Å². The van der Waals surface area contributed by atoms with Crippen LogP contribution in [-0.2, 0) is 18.1 Å². The Morgan fingerprint density at radius 2 is 1.23 bits per heavy atom. The van der Waals surface area contributed by atoms with Crippen molar-refractivity contribution in [3.8, 4) is 0 Å². The summed E-state index contributed by atoms with van der Waals surface area (Å²) < 4.78 is 18.5. The maximum Gasteiger partial charge on any atom is 0.502 e. The molecule has 2 aliphatic rings. The fourth-order valence-corrected chi connectivity index (χ4v) is 8.99. The minimum Gasteiger partial charge on any atom is -0.547 e. The number of carbonyl (C=O) groups excluding carboxylic acids is 1. The molecule has 2 saturated heterocycles. The minimum absolute atomic E-state index is 0.00362. The Morgan fingerprint density at radius 3 is 1.72 bits per heavy atom. The molecule has 9 heteroatoms. The number of aliphatic carboxylic acids is 1. The van der Waals surface area contributed by atoms with Crippen LogP contribution in [-0.4, -0.2) is 87.2 Å². The highest BCUT2D eigenvalue weighted by atomic mass is 28.4. The topological polar surface area (TPSA) is 108 Å². The van der Waals surface area contributed by atoms with E-state index >= 15 is 0 Å². The van der Waals surface area contributed by atoms with E-state index in [0.717, 1.165) is 30.5 Å². The lowest BCUT2D eigenvalue weighted by molar-refractivity contribution is -0.910. The van der Waals surface area contributed by atoms with Crippen LogP contribution in [0.2, 0.25) is 6.04 Å². The normalized spacial score (nSPS) is 27.1. The molecular formula is C30H59NO7Si. The van der Waals surface area contributed by atoms with E-state index in [0.29, 0.717) is 6.04 Å². The molecule has 5 unspecified atom stereocenters. The first-order valence-corrected chi connectivity index (χ1v) is 18.1. The summed E-state index contributed by atoms with van der Waals surface area (Å²) in [6.45, 7) is 7.74. The van der Waals surface area contributed by atoms with Crippen molar-refractivity contribution in [1.82, 2.24) is 0 Å². The van der Waals surface area contributed by atoms with Gasteiger partial charge in [0.15, 0.2) is 0 Å². The smallest absolute Gasteiger partial charge is 0.502 e. The highest BCUT2D eigenvalue weighted by Gasteiger charge is 2.58. The van der Waals surface area contributed by atoms with Crippen LogP contribution in [0.1, 0.15) is 123 Å². The van der Waals surface area contributed by atoms with Gasteiger partial charge in [0.05, 0.1) is 39.3 Å². The van der Waals surface area contributed by atoms with Crippen molar-refractivity contribution in [3.63, 3.8) is 0 Å². The Morgan fingerprint density at radius 1 is 0.769 bits per heavy atom. The Labute approximate surface area is 239 Å². The Balaban J connectivity index is 1.85. The summed E-state index contributed by atoms with van der Waals surface area (Å²) in [7, 11) is -0.960. The molecule has 0 aromatic carbocycles. The van der Waals surface area contributed by atoms with Gasteiger partial charge in [-0.05, 0) is 25.7 Å². The number of aliphatic hydroxyl groups is 2. The lowest BCUT2D eigenvalue weighted by Gasteiger charge is -2.49. The van der Waals surface area contributed by atoms with Gasteiger partial charge in [0.1, 0.15) is 24.4 Å². The standard InChI is InChI=1S/C30H59NO7Si/c1-4-6-8-10-12-14-16-18-21-31(3,22-19-17-15-13-11-9-7-5-2)23-20-24-39-36-25-26(32)28(37-39)27(33)29(38-39)30(34)35/h26-29,32-33H,4-25H2,1-3H3. The average molecular weight is 574 g/mol. The van der Waals surface area contributed by atoms with E-state index in [4.69, 9.17) is 13.3 Å². The summed E-state index contributed by atoms with van der Waals surface area (Å²) in [5.41, 5.74) is 0. The van der Waals surface area contributed by atoms with Crippen LogP contribution in [0, 0.1) is 0 Å². The lowest BCUT2D eigenvalue weighted by atomic mass is 10.0. The second kappa shape index (κ2) is 18.8. The van der Waals surface area contributed by atoms with Crippen molar-refractivity contribution >= 4 is 14.8 Å². The van der Waals surface area contributed by atoms with Gasteiger partial charge in [-0.2, -0.15) is 0 Å². The summed E-state index contributed by atoms with van der Waals surface area (Å²) in [6, 6.07) is 0.482. The molecule has 2 rings (SSSR count). The third kappa shape index (κ3) is 12.5. The van der Waals surface area contributed by atoms with Gasteiger partial charge in [0.25, 0.3) is 0 Å². The molecule has 230 valence electrons. The zero-order valence-electron chi connectivity index (χ0n) is 25.2. The number of carbonyl (C=O) groups is 1. The van der Waals surface area contributed by atoms with Gasteiger partial charge in [-0.25, -0.2) is 0 Å². The molecule has 39 heavy (non-hydrogen) atoms. The first-order valence-electron chi connectivity index (χ1n) is 16.2. The second-order valence-corrected chi connectivity index (χ2v) is 15.0. The largest absolute Gasteiger partial charge is 0.547 e. The molecule has 0 saturated carbocycles. The van der Waals surface area contributed by atoms with E-state index in [1.165, 1.54) is 103 Å². The first-order chi connectivity index (χ1) is 18.8. The SMILES string of the molecule is CCCCCCCCCC[N+](C)(CCCCCCCCCC)CCC[Si]12OCC(O)C(O1)C(O)C(C(=O)[O-])O2. The van der Waals surface area contributed by atoms with Crippen LogP contribution >= 0.6 is 0 Å². The number of fused-ring (bicyclic) bond motifs is 2. The highest BCUT2D eigenvalue weighted by molar-refractivity contribution is 6.61. The van der Waals surface area contributed by atoms with Crippen molar-refractivity contribution in [2.45, 2.75) is 153 Å². The van der Waals surface area contributed by atoms with E-state index in [9.17, 15) is 20.1 Å². The van der Waals surface area contributed by atoms with Gasteiger partial charge >= 0.3 is 8.80 Å². The predicted octanol–water partition coefficient (Wildman–Crippen LogP) is 4.33. The van der Waals surface area contributed by atoms with Gasteiger partial charge in [0, 0.05) is 12.5 Å². The Kier molecular flexibility index (Phi) is 16.7. The van der Waals surface area contributed by atoms with Crippen LogP contribution in [0.3, 0.4) is 0 Å². The van der Waals surface area contributed by atoms with Crippen LogP contribution in [0.5, 0.6) is 0 Å². The third-order valence-electron chi connectivity index (χ3n) is 8.64. The second-order valence-electron chi connectivity index (χ2n) is 12.3. The highest BCUT2D eigenvalue weighted by Crippen LogP contribution is 2.35. The maximum atomic E-state index is 11.6. The molecule has 0 aromatic rings. The molecule has 5 atom stereocenters. The predicted molar refractivity (Wildman–Crippen MR) is 154 cm³/mol. The van der Waals surface area contributed by atoms with Gasteiger partial charge in [-0.3, -0.25) is 0 Å². The number of hydrogen-bond donors (Lipinski definition) is 2. The van der Waals surface area contributed by atoms with Gasteiger partial charge < -0.3 is 37.9 Å². The van der Waals surface area contributed by atoms with E-state index in [1.807, 2.05) is 0 Å². The molecule has 0 spiro atoms. The fraction of sp³-hybridized carbons (Fsp3) is 0.967. The first kappa shape index (κ1) is 34.6. The van der Waals surface area contributed by atoms with Crippen molar-refractivity contribution in [1.29, 1.82) is 0 Å². The average Bonchev–Trinajstić information content (AvgIpc) is 2.91. The summed E-state index contributed by atoms with van der Waals surface area (Å²) in [5.74, 6) is -1.49. The number of carboxylic acid groups (broad SMARTS) is 1. The zero-order valence-corrected chi connectivity index (χ0v) is 26.2. The Bertz CT molecular complexity index is 649. The fourth-order valence-electron chi connectivity index (χ4n) is 6.07. The van der Waals surface area contributed by atoms with Crippen LogP contribution in [0.15, 0.2) is 0 Å². The number of unbranched alkanes of at least 4 members (excludes halogenated alkanes) is 14. The van der Waals surface area contributed by atoms with E-state index in [1.54, 1.807) is 0 Å². The summed E-state index contributed by atoms with van der Waals surface area (Å²) in [4.78, 5) is 11.6. The molecular weight excluding hydrogens is 514 g/mol. The molecule has 2 aliphatic heterocycles. The Hall–Kier alpha value is -0.553. The molecule has 0 radical (unpaired) electrons. The van der Waals surface area contributed by atoms with Gasteiger partial charge in [-0.1, -0.05) is 90.9 Å².